The van der Waals surface area contributed by atoms with Gasteiger partial charge in [0.2, 0.25) is 0 Å². The first-order valence-corrected chi connectivity index (χ1v) is 13.6. The molecule has 0 spiro atoms. The highest BCUT2D eigenvalue weighted by Crippen LogP contribution is 2.33. The Hall–Kier alpha value is -5.45. The monoisotopic (exact) mass is 558 g/mol. The Bertz CT molecular complexity index is 1720. The first-order chi connectivity index (χ1) is 20.4. The van der Waals surface area contributed by atoms with E-state index in [1.54, 1.807) is 55.6 Å². The summed E-state index contributed by atoms with van der Waals surface area (Å²) in [6, 6.07) is 19.5. The molecule has 3 heterocycles. The molecule has 5 N–H and O–H groups in total. The number of aromatic nitrogens is 3. The molecule has 2 aromatic heterocycles. The molecular formula is C32H30N8O2. The van der Waals surface area contributed by atoms with Crippen LogP contribution in [-0.2, 0) is 0 Å². The van der Waals surface area contributed by atoms with Crippen LogP contribution in [0.2, 0.25) is 0 Å². The fraction of sp³-hybridized carbons (Fsp3) is 0.219. The summed E-state index contributed by atoms with van der Waals surface area (Å²) in [6.45, 7) is 3.26. The molecule has 0 bridgehead atoms. The van der Waals surface area contributed by atoms with E-state index in [4.69, 9.17) is 21.8 Å². The van der Waals surface area contributed by atoms with Gasteiger partial charge in [0.25, 0.3) is 11.8 Å². The molecule has 210 valence electrons. The molecule has 1 atom stereocenters. The fourth-order valence-electron chi connectivity index (χ4n) is 5.16. The van der Waals surface area contributed by atoms with Crippen molar-refractivity contribution >= 4 is 17.6 Å². The molecule has 42 heavy (non-hydrogen) atoms. The Morgan fingerprint density at radius 2 is 1.79 bits per heavy atom. The number of nitrogens with one attached hydrogen (secondary N) is 1. The number of nitrogen functional groups attached to an aromatic ring is 1. The average molecular weight is 559 g/mol. The van der Waals surface area contributed by atoms with Crippen molar-refractivity contribution in [3.05, 3.63) is 89.5 Å². The first kappa shape index (κ1) is 28.1. The molecule has 0 unspecified atom stereocenters. The van der Waals surface area contributed by atoms with Crippen LogP contribution in [0.15, 0.2) is 66.9 Å². The van der Waals surface area contributed by atoms with Gasteiger partial charge in [0.15, 0.2) is 5.69 Å². The van der Waals surface area contributed by atoms with Crippen molar-refractivity contribution in [2.45, 2.75) is 32.2 Å². The lowest BCUT2D eigenvalue weighted by molar-refractivity contribution is 0.0990. The Morgan fingerprint density at radius 1 is 1.05 bits per heavy atom. The second-order valence-corrected chi connectivity index (χ2v) is 9.96. The van der Waals surface area contributed by atoms with Crippen molar-refractivity contribution in [3.63, 3.8) is 0 Å². The molecule has 1 saturated heterocycles. The van der Waals surface area contributed by atoms with Gasteiger partial charge in [-0.15, -0.1) is 5.92 Å². The van der Waals surface area contributed by atoms with Gasteiger partial charge in [0.1, 0.15) is 17.3 Å². The van der Waals surface area contributed by atoms with E-state index < -0.39 is 5.91 Å². The van der Waals surface area contributed by atoms with Crippen LogP contribution in [-0.4, -0.2) is 44.4 Å². The maximum absolute atomic E-state index is 13.0. The number of hydrogen-bond donors (Lipinski definition) is 3. The minimum Gasteiger partial charge on any atom is -0.364 e. The van der Waals surface area contributed by atoms with Gasteiger partial charge < -0.3 is 16.9 Å². The van der Waals surface area contributed by atoms with E-state index in [2.05, 4.69) is 33.1 Å². The number of piperidine rings is 1. The molecule has 2 amide bonds. The van der Waals surface area contributed by atoms with Crippen molar-refractivity contribution in [1.82, 2.24) is 19.5 Å². The van der Waals surface area contributed by atoms with E-state index >= 15 is 0 Å². The van der Waals surface area contributed by atoms with Gasteiger partial charge in [0.05, 0.1) is 24.2 Å². The second kappa shape index (κ2) is 12.4. The SMILES string of the molecule is CC#CCN1CCCC[C@H]1c1nc(-c2ccc(C(=O)Nc3cc(-c4ccc(C#N)cc4)ccn3)cc2)c(C(N)=O)n1N. The molecule has 5 rings (SSSR count). The Kier molecular flexibility index (Phi) is 8.28. The molecular weight excluding hydrogens is 528 g/mol. The van der Waals surface area contributed by atoms with Gasteiger partial charge in [-0.2, -0.15) is 5.26 Å². The molecule has 0 aliphatic carbocycles. The largest absolute Gasteiger partial charge is 0.364 e. The van der Waals surface area contributed by atoms with Crippen molar-refractivity contribution in [2.24, 2.45) is 5.73 Å². The van der Waals surface area contributed by atoms with E-state index in [0.29, 0.717) is 40.6 Å². The second-order valence-electron chi connectivity index (χ2n) is 9.96. The highest BCUT2D eigenvalue weighted by Gasteiger charge is 2.31. The number of amides is 2. The van der Waals surface area contributed by atoms with Gasteiger partial charge in [-0.05, 0) is 73.8 Å². The fourth-order valence-corrected chi connectivity index (χ4v) is 5.16. The van der Waals surface area contributed by atoms with E-state index in [-0.39, 0.29) is 17.6 Å². The van der Waals surface area contributed by atoms with E-state index in [0.717, 1.165) is 36.9 Å². The third-order valence-corrected chi connectivity index (χ3v) is 7.31. The summed E-state index contributed by atoms with van der Waals surface area (Å²) in [5.74, 6) is 12.4. The van der Waals surface area contributed by atoms with Gasteiger partial charge in [-0.25, -0.2) is 14.6 Å². The molecule has 1 aliphatic heterocycles. The zero-order chi connectivity index (χ0) is 29.6. The lowest BCUT2D eigenvalue weighted by Crippen LogP contribution is -2.37. The smallest absolute Gasteiger partial charge is 0.269 e. The third-order valence-electron chi connectivity index (χ3n) is 7.31. The van der Waals surface area contributed by atoms with Crippen LogP contribution in [0.3, 0.4) is 0 Å². The number of nitrogens with zero attached hydrogens (tertiary/aromatic N) is 5. The zero-order valence-corrected chi connectivity index (χ0v) is 23.2. The summed E-state index contributed by atoms with van der Waals surface area (Å²) in [5, 5.41) is 11.9. The maximum Gasteiger partial charge on any atom is 0.269 e. The molecule has 1 fully saturated rings. The number of primary amides is 1. The molecule has 0 saturated carbocycles. The standard InChI is InChI=1S/C32H30N8O2/c1-2-3-17-39-18-5-4-6-26(39)31-38-28(29(30(34)41)40(31)35)23-11-13-24(14-12-23)32(42)37-27-19-25(15-16-36-27)22-9-7-21(20-33)8-10-22/h7-16,19,26H,4-6,17-18,35H2,1H3,(H2,34,41)(H,36,37,42)/t26-/m0/s1. The molecule has 2 aromatic carbocycles. The summed E-state index contributed by atoms with van der Waals surface area (Å²) < 4.78 is 1.30. The number of carbonyl (C=O) groups excluding carboxylic acids is 2. The van der Waals surface area contributed by atoms with E-state index in [1.807, 2.05) is 18.2 Å². The van der Waals surface area contributed by atoms with Crippen molar-refractivity contribution < 1.29 is 9.59 Å². The number of carbonyl (C=O) groups is 2. The molecule has 1 aliphatic rings. The lowest BCUT2D eigenvalue weighted by Gasteiger charge is -2.33. The van der Waals surface area contributed by atoms with Gasteiger partial charge in [0, 0.05) is 17.3 Å². The summed E-state index contributed by atoms with van der Waals surface area (Å²) in [7, 11) is 0. The van der Waals surface area contributed by atoms with Crippen molar-refractivity contribution in [1.29, 1.82) is 5.26 Å². The lowest BCUT2D eigenvalue weighted by atomic mass is 10.0. The highest BCUT2D eigenvalue weighted by molar-refractivity contribution is 6.04. The van der Waals surface area contributed by atoms with Crippen LogP contribution in [0.4, 0.5) is 5.82 Å². The Morgan fingerprint density at radius 3 is 2.48 bits per heavy atom. The molecule has 10 nitrogen and oxygen atoms in total. The maximum atomic E-state index is 13.0. The summed E-state index contributed by atoms with van der Waals surface area (Å²) >= 11 is 0. The first-order valence-electron chi connectivity index (χ1n) is 13.6. The van der Waals surface area contributed by atoms with Gasteiger partial charge in [-0.1, -0.05) is 36.6 Å². The van der Waals surface area contributed by atoms with Crippen molar-refractivity contribution in [3.8, 4) is 40.3 Å². The number of hydrogen-bond acceptors (Lipinski definition) is 7. The van der Waals surface area contributed by atoms with E-state index in [9.17, 15) is 9.59 Å². The van der Waals surface area contributed by atoms with Crippen LogP contribution < -0.4 is 16.9 Å². The number of imidazole rings is 1. The average Bonchev–Trinajstić information content (AvgIpc) is 3.37. The number of pyridine rings is 1. The molecule has 0 radical (unpaired) electrons. The molecule has 4 aromatic rings. The van der Waals surface area contributed by atoms with Gasteiger partial charge in [-0.3, -0.25) is 14.5 Å². The van der Waals surface area contributed by atoms with Crippen LogP contribution in [0.1, 0.15) is 64.5 Å². The Balaban J connectivity index is 1.37. The number of rotatable bonds is 7. The zero-order valence-electron chi connectivity index (χ0n) is 23.2. The van der Waals surface area contributed by atoms with Gasteiger partial charge >= 0.3 is 0 Å². The predicted octanol–water partition coefficient (Wildman–Crippen LogP) is 4.10. The van der Waals surface area contributed by atoms with E-state index in [1.165, 1.54) is 4.68 Å². The third kappa shape index (κ3) is 5.85. The summed E-state index contributed by atoms with van der Waals surface area (Å²) in [6.07, 6.45) is 4.53. The summed E-state index contributed by atoms with van der Waals surface area (Å²) in [4.78, 5) is 36.8. The van der Waals surface area contributed by atoms with Crippen LogP contribution in [0, 0.1) is 23.2 Å². The normalized spacial score (nSPS) is 14.8. The topological polar surface area (TPSA) is 156 Å². The quantitative estimate of drug-likeness (QED) is 0.228. The predicted molar refractivity (Wildman–Crippen MR) is 160 cm³/mol. The van der Waals surface area contributed by atoms with Crippen molar-refractivity contribution in [2.75, 3.05) is 24.2 Å². The number of nitrogens with two attached hydrogens (primary N) is 2. The minimum atomic E-state index is -0.683. The van der Waals surface area contributed by atoms with Crippen LogP contribution in [0.25, 0.3) is 22.4 Å². The minimum absolute atomic E-state index is 0.0888. The number of likely N-dealkylation sites (tertiary alicyclic amines) is 1. The number of benzene rings is 2. The van der Waals surface area contributed by atoms with Crippen LogP contribution >= 0.6 is 0 Å². The highest BCUT2D eigenvalue weighted by atomic mass is 16.2. The summed E-state index contributed by atoms with van der Waals surface area (Å²) in [5.41, 5.74) is 9.55. The number of nitriles is 1. The Labute approximate surface area is 244 Å². The van der Waals surface area contributed by atoms with Crippen LogP contribution in [0.5, 0.6) is 0 Å². The molecule has 10 heteroatoms. The number of anilines is 1.